The molecule has 4 nitrogen and oxygen atoms in total. The van der Waals surface area contributed by atoms with Crippen LogP contribution in [0.25, 0.3) is 0 Å². The fourth-order valence-corrected chi connectivity index (χ4v) is 2.97. The van der Waals surface area contributed by atoms with Crippen molar-refractivity contribution < 1.29 is 9.18 Å². The summed E-state index contributed by atoms with van der Waals surface area (Å²) in [7, 11) is 0. The lowest BCUT2D eigenvalue weighted by molar-refractivity contribution is 0.0904. The molecule has 1 aliphatic rings. The molecule has 0 bridgehead atoms. The van der Waals surface area contributed by atoms with Crippen LogP contribution in [0.3, 0.4) is 0 Å². The van der Waals surface area contributed by atoms with Crippen LogP contribution in [0.4, 0.5) is 4.39 Å². The van der Waals surface area contributed by atoms with Crippen LogP contribution in [-0.4, -0.2) is 21.9 Å². The van der Waals surface area contributed by atoms with Crippen molar-refractivity contribution in [2.24, 2.45) is 0 Å². The molecule has 1 aromatic carbocycles. The quantitative estimate of drug-likeness (QED) is 0.891. The average Bonchev–Trinajstić information content (AvgIpc) is 2.83. The van der Waals surface area contributed by atoms with Gasteiger partial charge in [-0.05, 0) is 59.3 Å². The monoisotopic (exact) mass is 351 g/mol. The van der Waals surface area contributed by atoms with E-state index in [0.717, 1.165) is 24.2 Å². The molecule has 1 aliphatic carbocycles. The summed E-state index contributed by atoms with van der Waals surface area (Å²) in [4.78, 5) is 18.9. The van der Waals surface area contributed by atoms with Crippen molar-refractivity contribution in [1.82, 2.24) is 15.3 Å². The first-order valence-corrected chi connectivity index (χ1v) is 7.59. The molecule has 3 rings (SSSR count). The molecular weight excluding hydrogens is 337 g/mol. The molecule has 21 heavy (non-hydrogen) atoms. The first kappa shape index (κ1) is 14.3. The van der Waals surface area contributed by atoms with Gasteiger partial charge < -0.3 is 10.3 Å². The highest BCUT2D eigenvalue weighted by Gasteiger charge is 2.32. The SMILES string of the molecule is Cc1ncc(C(=O)NC2CC(c3ccc(F)c(Br)c3)C2)[nH]1. The third-order valence-corrected chi connectivity index (χ3v) is 4.44. The second-order valence-corrected chi connectivity index (χ2v) is 6.25. The number of nitrogens with one attached hydrogen (secondary N) is 2. The highest BCUT2D eigenvalue weighted by Crippen LogP contribution is 2.38. The number of hydrogen-bond acceptors (Lipinski definition) is 2. The van der Waals surface area contributed by atoms with Gasteiger partial charge in [-0.3, -0.25) is 4.79 Å². The van der Waals surface area contributed by atoms with Gasteiger partial charge in [-0.25, -0.2) is 9.37 Å². The van der Waals surface area contributed by atoms with Crippen molar-refractivity contribution in [2.75, 3.05) is 0 Å². The third kappa shape index (κ3) is 3.00. The van der Waals surface area contributed by atoms with Crippen LogP contribution in [0.1, 0.15) is 40.6 Å². The van der Waals surface area contributed by atoms with E-state index in [9.17, 15) is 9.18 Å². The number of hydrogen-bond donors (Lipinski definition) is 2. The minimum atomic E-state index is -0.252. The molecule has 0 saturated heterocycles. The zero-order valence-corrected chi connectivity index (χ0v) is 13.1. The summed E-state index contributed by atoms with van der Waals surface area (Å²) in [5, 5.41) is 2.98. The molecule has 1 saturated carbocycles. The zero-order chi connectivity index (χ0) is 15.0. The van der Waals surface area contributed by atoms with E-state index in [4.69, 9.17) is 0 Å². The number of aromatic nitrogens is 2. The number of halogens is 2. The minimum absolute atomic E-state index is 0.126. The van der Waals surface area contributed by atoms with Gasteiger partial charge in [-0.2, -0.15) is 0 Å². The summed E-state index contributed by atoms with van der Waals surface area (Å²) in [6, 6.07) is 5.26. The number of rotatable bonds is 3. The van der Waals surface area contributed by atoms with E-state index in [0.29, 0.717) is 16.1 Å². The Balaban J connectivity index is 1.56. The molecule has 110 valence electrons. The lowest BCUT2D eigenvalue weighted by atomic mass is 9.76. The Morgan fingerprint density at radius 2 is 2.24 bits per heavy atom. The van der Waals surface area contributed by atoms with Crippen molar-refractivity contribution in [3.8, 4) is 0 Å². The van der Waals surface area contributed by atoms with Gasteiger partial charge in [-0.15, -0.1) is 0 Å². The zero-order valence-electron chi connectivity index (χ0n) is 11.5. The van der Waals surface area contributed by atoms with Gasteiger partial charge in [0.1, 0.15) is 17.3 Å². The topological polar surface area (TPSA) is 57.8 Å². The highest BCUT2D eigenvalue weighted by molar-refractivity contribution is 9.10. The molecule has 2 aromatic rings. The van der Waals surface area contributed by atoms with Crippen molar-refractivity contribution in [3.63, 3.8) is 0 Å². The Labute approximate surface area is 130 Å². The minimum Gasteiger partial charge on any atom is -0.348 e. The second-order valence-electron chi connectivity index (χ2n) is 5.39. The molecule has 1 amide bonds. The molecule has 1 heterocycles. The van der Waals surface area contributed by atoms with E-state index >= 15 is 0 Å². The Morgan fingerprint density at radius 3 is 2.86 bits per heavy atom. The Morgan fingerprint density at radius 1 is 1.48 bits per heavy atom. The number of carbonyl (C=O) groups excluding carboxylic acids is 1. The van der Waals surface area contributed by atoms with Crippen LogP contribution >= 0.6 is 15.9 Å². The van der Waals surface area contributed by atoms with Gasteiger partial charge >= 0.3 is 0 Å². The van der Waals surface area contributed by atoms with E-state index in [-0.39, 0.29) is 17.8 Å². The fourth-order valence-electron chi connectivity index (χ4n) is 2.57. The molecule has 6 heteroatoms. The van der Waals surface area contributed by atoms with Crippen LogP contribution in [0.15, 0.2) is 28.9 Å². The Hall–Kier alpha value is -1.69. The molecular formula is C15H15BrFN3O. The summed E-state index contributed by atoms with van der Waals surface area (Å²) < 4.78 is 13.7. The van der Waals surface area contributed by atoms with Gasteiger partial charge in [0.15, 0.2) is 0 Å². The van der Waals surface area contributed by atoms with Gasteiger partial charge in [0.2, 0.25) is 0 Å². The first-order valence-electron chi connectivity index (χ1n) is 6.80. The van der Waals surface area contributed by atoms with Crippen LogP contribution < -0.4 is 5.32 Å². The predicted molar refractivity (Wildman–Crippen MR) is 80.7 cm³/mol. The lowest BCUT2D eigenvalue weighted by Gasteiger charge is -2.36. The van der Waals surface area contributed by atoms with Gasteiger partial charge in [0.05, 0.1) is 10.7 Å². The summed E-state index contributed by atoms with van der Waals surface area (Å²) >= 11 is 3.20. The number of amides is 1. The first-order chi connectivity index (χ1) is 10.0. The Bertz CT molecular complexity index is 679. The highest BCUT2D eigenvalue weighted by atomic mass is 79.9. The number of nitrogens with zero attached hydrogens (tertiary/aromatic N) is 1. The van der Waals surface area contributed by atoms with Crippen molar-refractivity contribution >= 4 is 21.8 Å². The molecule has 0 radical (unpaired) electrons. The maximum Gasteiger partial charge on any atom is 0.269 e. The maximum absolute atomic E-state index is 13.2. The molecule has 0 unspecified atom stereocenters. The van der Waals surface area contributed by atoms with E-state index in [1.807, 2.05) is 13.0 Å². The molecule has 0 spiro atoms. The number of benzene rings is 1. The van der Waals surface area contributed by atoms with Crippen molar-refractivity contribution in [2.45, 2.75) is 31.7 Å². The molecule has 2 N–H and O–H groups in total. The van der Waals surface area contributed by atoms with Gasteiger partial charge in [0, 0.05) is 6.04 Å². The average molecular weight is 352 g/mol. The largest absolute Gasteiger partial charge is 0.348 e. The number of carbonyl (C=O) groups is 1. The van der Waals surface area contributed by atoms with Crippen molar-refractivity contribution in [1.29, 1.82) is 0 Å². The van der Waals surface area contributed by atoms with E-state index in [1.54, 1.807) is 6.07 Å². The van der Waals surface area contributed by atoms with E-state index in [1.165, 1.54) is 12.3 Å². The number of aromatic amines is 1. The number of H-pyrrole nitrogens is 1. The normalized spacial score (nSPS) is 20.9. The fraction of sp³-hybridized carbons (Fsp3) is 0.333. The van der Waals surface area contributed by atoms with E-state index in [2.05, 4.69) is 31.2 Å². The van der Waals surface area contributed by atoms with Crippen LogP contribution in [0.5, 0.6) is 0 Å². The predicted octanol–water partition coefficient (Wildman–Crippen LogP) is 3.30. The second kappa shape index (κ2) is 5.60. The maximum atomic E-state index is 13.2. The van der Waals surface area contributed by atoms with Crippen molar-refractivity contribution in [3.05, 3.63) is 51.8 Å². The van der Waals surface area contributed by atoms with Crippen LogP contribution in [-0.2, 0) is 0 Å². The molecule has 1 aromatic heterocycles. The molecule has 0 aliphatic heterocycles. The number of aryl methyl sites for hydroxylation is 1. The van der Waals surface area contributed by atoms with Crippen LogP contribution in [0.2, 0.25) is 0 Å². The van der Waals surface area contributed by atoms with Gasteiger partial charge in [0.25, 0.3) is 5.91 Å². The Kier molecular flexibility index (Phi) is 3.80. The molecule has 0 atom stereocenters. The third-order valence-electron chi connectivity index (χ3n) is 3.84. The number of imidazole rings is 1. The van der Waals surface area contributed by atoms with Gasteiger partial charge in [-0.1, -0.05) is 6.07 Å². The smallest absolute Gasteiger partial charge is 0.269 e. The standard InChI is InChI=1S/C15H15BrFN3O/c1-8-18-7-14(19-8)15(21)20-11-4-10(5-11)9-2-3-13(17)12(16)6-9/h2-3,6-7,10-11H,4-5H2,1H3,(H,18,19)(H,20,21). The summed E-state index contributed by atoms with van der Waals surface area (Å²) in [5.41, 5.74) is 1.59. The lowest BCUT2D eigenvalue weighted by Crippen LogP contribution is -2.43. The summed E-state index contributed by atoms with van der Waals surface area (Å²) in [6.07, 6.45) is 3.28. The summed E-state index contributed by atoms with van der Waals surface area (Å²) in [6.45, 7) is 1.81. The van der Waals surface area contributed by atoms with Crippen LogP contribution in [0, 0.1) is 12.7 Å². The van der Waals surface area contributed by atoms with E-state index < -0.39 is 0 Å². The summed E-state index contributed by atoms with van der Waals surface area (Å²) in [5.74, 6) is 0.718. The molecule has 1 fully saturated rings.